The van der Waals surface area contributed by atoms with Gasteiger partial charge in [0.1, 0.15) is 11.4 Å². The maximum absolute atomic E-state index is 13.4. The van der Waals surface area contributed by atoms with Gasteiger partial charge in [0.15, 0.2) is 0 Å². The predicted molar refractivity (Wildman–Crippen MR) is 75.6 cm³/mol. The van der Waals surface area contributed by atoms with E-state index in [2.05, 4.69) is 10.2 Å². The lowest BCUT2D eigenvalue weighted by atomic mass is 10.1. The normalized spacial score (nSPS) is 16.3. The number of carbonyl (C=O) groups is 1. The molecule has 2 N–H and O–H groups in total. The highest BCUT2D eigenvalue weighted by atomic mass is 32.2. The smallest absolute Gasteiger partial charge is 0.340 e. The van der Waals surface area contributed by atoms with Crippen LogP contribution in [0.4, 0.5) is 10.1 Å². The second kappa shape index (κ2) is 6.77. The third kappa shape index (κ3) is 3.84. The summed E-state index contributed by atoms with van der Waals surface area (Å²) in [6.07, 6.45) is 0. The van der Waals surface area contributed by atoms with Gasteiger partial charge >= 0.3 is 5.97 Å². The van der Waals surface area contributed by atoms with Crippen LogP contribution in [-0.4, -0.2) is 53.7 Å². The highest BCUT2D eigenvalue weighted by molar-refractivity contribution is 7.99. The number of thioether (sulfide) groups is 1. The minimum absolute atomic E-state index is 0.281. The molecule has 0 aliphatic carbocycles. The summed E-state index contributed by atoms with van der Waals surface area (Å²) in [4.78, 5) is 13.3. The van der Waals surface area contributed by atoms with Crippen LogP contribution in [0.25, 0.3) is 0 Å². The summed E-state index contributed by atoms with van der Waals surface area (Å²) in [5.41, 5.74) is 0.0654. The zero-order valence-electron chi connectivity index (χ0n) is 10.6. The summed E-state index contributed by atoms with van der Waals surface area (Å²) < 4.78 is 13.4. The topological polar surface area (TPSA) is 52.6 Å². The van der Waals surface area contributed by atoms with Gasteiger partial charge in [0, 0.05) is 37.7 Å². The van der Waals surface area contributed by atoms with E-state index in [-0.39, 0.29) is 5.56 Å². The lowest BCUT2D eigenvalue weighted by Crippen LogP contribution is -2.36. The Hall–Kier alpha value is -1.27. The molecule has 1 aromatic carbocycles. The van der Waals surface area contributed by atoms with Crippen molar-refractivity contribution in [1.29, 1.82) is 0 Å². The molecular formula is C13H17FN2O2S. The predicted octanol–water partition coefficient (Wildman–Crippen LogP) is 1.98. The third-order valence-corrected chi connectivity index (χ3v) is 4.02. The van der Waals surface area contributed by atoms with Crippen LogP contribution in [0, 0.1) is 5.82 Å². The van der Waals surface area contributed by atoms with Crippen LogP contribution < -0.4 is 5.32 Å². The van der Waals surface area contributed by atoms with Crippen molar-refractivity contribution < 1.29 is 14.3 Å². The van der Waals surface area contributed by atoms with Crippen LogP contribution in [0.1, 0.15) is 10.4 Å². The molecule has 0 unspecified atom stereocenters. The SMILES string of the molecule is O=C(O)c1c(F)cccc1NCCN1CCSCC1. The standard InChI is InChI=1S/C13H17FN2O2S/c14-10-2-1-3-11(12(10)13(17)18)15-4-5-16-6-8-19-9-7-16/h1-3,15H,4-9H2,(H,17,18). The third-order valence-electron chi connectivity index (χ3n) is 3.07. The van der Waals surface area contributed by atoms with E-state index in [1.807, 2.05) is 11.8 Å². The fourth-order valence-electron chi connectivity index (χ4n) is 2.06. The molecule has 0 bridgehead atoms. The molecule has 4 nitrogen and oxygen atoms in total. The molecule has 0 aromatic heterocycles. The fraction of sp³-hybridized carbons (Fsp3) is 0.462. The summed E-state index contributed by atoms with van der Waals surface area (Å²) >= 11 is 1.95. The molecule has 1 aliphatic heterocycles. The number of halogens is 1. The zero-order valence-corrected chi connectivity index (χ0v) is 11.4. The Labute approximate surface area is 116 Å². The Morgan fingerprint density at radius 3 is 2.84 bits per heavy atom. The summed E-state index contributed by atoms with van der Waals surface area (Å²) in [5, 5.41) is 12.0. The number of rotatable bonds is 5. The quantitative estimate of drug-likeness (QED) is 0.866. The first kappa shape index (κ1) is 14.1. The first-order chi connectivity index (χ1) is 9.18. The maximum atomic E-state index is 13.4. The number of hydrogen-bond donors (Lipinski definition) is 2. The first-order valence-corrected chi connectivity index (χ1v) is 7.40. The number of hydrogen-bond acceptors (Lipinski definition) is 4. The Morgan fingerprint density at radius 1 is 1.42 bits per heavy atom. The minimum atomic E-state index is -1.24. The van der Waals surface area contributed by atoms with Crippen molar-refractivity contribution in [3.8, 4) is 0 Å². The van der Waals surface area contributed by atoms with Gasteiger partial charge in [-0.3, -0.25) is 4.90 Å². The number of carboxylic acid groups (broad SMARTS) is 1. The van der Waals surface area contributed by atoms with Gasteiger partial charge in [-0.05, 0) is 12.1 Å². The molecule has 1 aliphatic rings. The van der Waals surface area contributed by atoms with E-state index in [9.17, 15) is 9.18 Å². The summed E-state index contributed by atoms with van der Waals surface area (Å²) in [6, 6.07) is 4.27. The van der Waals surface area contributed by atoms with E-state index in [0.717, 1.165) is 37.2 Å². The van der Waals surface area contributed by atoms with E-state index in [1.165, 1.54) is 6.07 Å². The molecule has 0 saturated carbocycles. The molecule has 0 amide bonds. The van der Waals surface area contributed by atoms with Crippen molar-refractivity contribution in [1.82, 2.24) is 4.90 Å². The molecule has 1 heterocycles. The van der Waals surface area contributed by atoms with Gasteiger partial charge in [-0.2, -0.15) is 11.8 Å². The van der Waals surface area contributed by atoms with E-state index in [4.69, 9.17) is 5.11 Å². The number of benzene rings is 1. The molecular weight excluding hydrogens is 267 g/mol. The second-order valence-corrected chi connectivity index (χ2v) is 5.57. The highest BCUT2D eigenvalue weighted by Gasteiger charge is 2.15. The molecule has 0 atom stereocenters. The van der Waals surface area contributed by atoms with Crippen LogP contribution in [0.3, 0.4) is 0 Å². The van der Waals surface area contributed by atoms with Crippen molar-refractivity contribution in [2.75, 3.05) is 43.0 Å². The van der Waals surface area contributed by atoms with Gasteiger partial charge < -0.3 is 10.4 Å². The second-order valence-electron chi connectivity index (χ2n) is 4.35. The Bertz CT molecular complexity index is 450. The molecule has 19 heavy (non-hydrogen) atoms. The van der Waals surface area contributed by atoms with Gasteiger partial charge in [0.25, 0.3) is 0 Å². The van der Waals surface area contributed by atoms with Crippen LogP contribution in [0.5, 0.6) is 0 Å². The molecule has 0 radical (unpaired) electrons. The number of nitrogens with zero attached hydrogens (tertiary/aromatic N) is 1. The Kier molecular flexibility index (Phi) is 5.04. The van der Waals surface area contributed by atoms with Crippen molar-refractivity contribution in [3.63, 3.8) is 0 Å². The van der Waals surface area contributed by atoms with Crippen LogP contribution >= 0.6 is 11.8 Å². The highest BCUT2D eigenvalue weighted by Crippen LogP contribution is 2.18. The van der Waals surface area contributed by atoms with Gasteiger partial charge in [0.05, 0.1) is 5.69 Å². The fourth-order valence-corrected chi connectivity index (χ4v) is 3.04. The number of carboxylic acids is 1. The first-order valence-electron chi connectivity index (χ1n) is 6.24. The van der Waals surface area contributed by atoms with Gasteiger partial charge in [0.2, 0.25) is 0 Å². The van der Waals surface area contributed by atoms with Crippen LogP contribution in [0.2, 0.25) is 0 Å². The Morgan fingerprint density at radius 2 is 2.16 bits per heavy atom. The number of aromatic carboxylic acids is 1. The molecule has 6 heteroatoms. The van der Waals surface area contributed by atoms with Crippen LogP contribution in [0.15, 0.2) is 18.2 Å². The van der Waals surface area contributed by atoms with E-state index >= 15 is 0 Å². The molecule has 2 rings (SSSR count). The Balaban J connectivity index is 1.92. The molecule has 104 valence electrons. The minimum Gasteiger partial charge on any atom is -0.478 e. The summed E-state index contributed by atoms with van der Waals surface area (Å²) in [6.45, 7) is 3.58. The zero-order chi connectivity index (χ0) is 13.7. The van der Waals surface area contributed by atoms with E-state index in [0.29, 0.717) is 12.2 Å². The van der Waals surface area contributed by atoms with Crippen molar-refractivity contribution in [2.45, 2.75) is 0 Å². The van der Waals surface area contributed by atoms with Crippen LogP contribution in [-0.2, 0) is 0 Å². The molecule has 1 aromatic rings. The molecule has 1 saturated heterocycles. The largest absolute Gasteiger partial charge is 0.478 e. The molecule has 1 fully saturated rings. The average Bonchev–Trinajstić information content (AvgIpc) is 2.39. The van der Waals surface area contributed by atoms with Gasteiger partial charge in [-0.15, -0.1) is 0 Å². The van der Waals surface area contributed by atoms with E-state index < -0.39 is 11.8 Å². The van der Waals surface area contributed by atoms with Crippen molar-refractivity contribution >= 4 is 23.4 Å². The van der Waals surface area contributed by atoms with Gasteiger partial charge in [-0.1, -0.05) is 6.07 Å². The van der Waals surface area contributed by atoms with E-state index in [1.54, 1.807) is 6.07 Å². The monoisotopic (exact) mass is 284 g/mol. The molecule has 0 spiro atoms. The summed E-state index contributed by atoms with van der Waals surface area (Å²) in [5.74, 6) is 0.336. The maximum Gasteiger partial charge on any atom is 0.340 e. The lowest BCUT2D eigenvalue weighted by molar-refractivity contribution is 0.0693. The average molecular weight is 284 g/mol. The van der Waals surface area contributed by atoms with Crippen molar-refractivity contribution in [2.24, 2.45) is 0 Å². The van der Waals surface area contributed by atoms with Gasteiger partial charge in [-0.25, -0.2) is 9.18 Å². The summed E-state index contributed by atoms with van der Waals surface area (Å²) in [7, 11) is 0. The number of nitrogens with one attached hydrogen (secondary N) is 1. The lowest BCUT2D eigenvalue weighted by Gasteiger charge is -2.26. The number of anilines is 1. The van der Waals surface area contributed by atoms with Crippen molar-refractivity contribution in [3.05, 3.63) is 29.6 Å².